The molecule has 0 aliphatic rings. The van der Waals surface area contributed by atoms with Crippen LogP contribution in [0.5, 0.6) is 0 Å². The smallest absolute Gasteiger partial charge is 0.408 e. The van der Waals surface area contributed by atoms with Crippen LogP contribution in [0.1, 0.15) is 50.8 Å². The molecular formula is C27H31N5O4S. The van der Waals surface area contributed by atoms with Gasteiger partial charge in [-0.25, -0.2) is 4.79 Å². The normalized spacial score (nSPS) is 12.3. The summed E-state index contributed by atoms with van der Waals surface area (Å²) in [7, 11) is 0. The number of rotatable bonds is 9. The van der Waals surface area contributed by atoms with E-state index in [9.17, 15) is 9.59 Å². The van der Waals surface area contributed by atoms with E-state index < -0.39 is 17.7 Å². The molecule has 3 N–H and O–H groups in total. The lowest BCUT2D eigenvalue weighted by Crippen LogP contribution is -2.36. The minimum atomic E-state index is -0.658. The highest BCUT2D eigenvalue weighted by Gasteiger charge is 2.26. The number of H-pyrrole nitrogens is 1. The van der Waals surface area contributed by atoms with E-state index in [0.717, 1.165) is 45.9 Å². The van der Waals surface area contributed by atoms with Gasteiger partial charge in [-0.05, 0) is 50.5 Å². The van der Waals surface area contributed by atoms with Gasteiger partial charge in [-0.15, -0.1) is 10.2 Å². The average Bonchev–Trinajstić information content (AvgIpc) is 3.49. The third-order valence-electron chi connectivity index (χ3n) is 5.51. The van der Waals surface area contributed by atoms with Crippen molar-refractivity contribution in [1.29, 1.82) is 0 Å². The second kappa shape index (κ2) is 11.5. The number of anilines is 1. The van der Waals surface area contributed by atoms with Crippen molar-refractivity contribution in [3.63, 3.8) is 0 Å². The third kappa shape index (κ3) is 7.13. The van der Waals surface area contributed by atoms with Crippen LogP contribution in [-0.4, -0.2) is 38.5 Å². The van der Waals surface area contributed by atoms with Gasteiger partial charge in [-0.3, -0.25) is 4.79 Å². The number of aromatic nitrogens is 3. The first-order valence-corrected chi connectivity index (χ1v) is 13.1. The lowest BCUT2D eigenvalue weighted by atomic mass is 10.1. The number of aryl methyl sites for hydroxylation is 1. The fourth-order valence-corrected chi connectivity index (χ4v) is 4.42. The molecule has 1 atom stereocenters. The number of alkyl carbamates (subject to hydrolysis) is 1. The number of amides is 2. The fraction of sp³-hybridized carbons (Fsp3) is 0.333. The monoisotopic (exact) mass is 521 g/mol. The highest BCUT2D eigenvalue weighted by Crippen LogP contribution is 2.27. The summed E-state index contributed by atoms with van der Waals surface area (Å²) in [6.45, 7) is 7.43. The number of hydrogen-bond acceptors (Lipinski definition) is 7. The number of carbonyl (C=O) groups excluding carboxylic acids is 2. The molecule has 0 saturated heterocycles. The van der Waals surface area contributed by atoms with Crippen molar-refractivity contribution in [2.75, 3.05) is 11.1 Å². The van der Waals surface area contributed by atoms with Gasteiger partial charge in [-0.1, -0.05) is 55.1 Å². The van der Waals surface area contributed by atoms with Crippen molar-refractivity contribution >= 4 is 40.4 Å². The van der Waals surface area contributed by atoms with Gasteiger partial charge in [0.05, 0.1) is 5.75 Å². The molecule has 10 heteroatoms. The number of para-hydroxylation sites is 2. The number of fused-ring (bicyclic) bond motifs is 1. The van der Waals surface area contributed by atoms with Gasteiger partial charge in [0.25, 0.3) is 5.22 Å². The van der Waals surface area contributed by atoms with E-state index in [1.807, 2.05) is 61.7 Å². The molecule has 0 bridgehead atoms. The summed E-state index contributed by atoms with van der Waals surface area (Å²) in [5.74, 6) is 0.162. The van der Waals surface area contributed by atoms with Crippen molar-refractivity contribution in [1.82, 2.24) is 20.5 Å². The van der Waals surface area contributed by atoms with Crippen molar-refractivity contribution in [3.05, 3.63) is 71.7 Å². The fourth-order valence-electron chi connectivity index (χ4n) is 3.85. The minimum Gasteiger partial charge on any atom is -0.444 e. The molecule has 0 unspecified atom stereocenters. The molecule has 0 spiro atoms. The van der Waals surface area contributed by atoms with E-state index in [1.165, 1.54) is 0 Å². The number of carbonyl (C=O) groups is 2. The van der Waals surface area contributed by atoms with Crippen molar-refractivity contribution in [2.24, 2.45) is 0 Å². The van der Waals surface area contributed by atoms with E-state index >= 15 is 0 Å². The summed E-state index contributed by atoms with van der Waals surface area (Å²) in [5, 5.41) is 15.3. The first kappa shape index (κ1) is 26.3. The molecule has 2 amide bonds. The Balaban J connectivity index is 1.46. The van der Waals surface area contributed by atoms with Gasteiger partial charge < -0.3 is 24.8 Å². The van der Waals surface area contributed by atoms with E-state index in [-0.39, 0.29) is 22.8 Å². The number of ether oxygens (including phenoxy) is 1. The Bertz CT molecular complexity index is 1370. The van der Waals surface area contributed by atoms with Gasteiger partial charge in [0.1, 0.15) is 11.6 Å². The second-order valence-electron chi connectivity index (χ2n) is 9.52. The van der Waals surface area contributed by atoms with Crippen LogP contribution in [-0.2, 0) is 22.4 Å². The maximum atomic E-state index is 12.6. The van der Waals surface area contributed by atoms with E-state index in [1.54, 1.807) is 20.8 Å². The summed E-state index contributed by atoms with van der Waals surface area (Å²) in [5.41, 5.74) is 3.18. The van der Waals surface area contributed by atoms with Crippen LogP contribution in [0.4, 0.5) is 10.5 Å². The lowest BCUT2D eigenvalue weighted by Gasteiger charge is -2.22. The maximum absolute atomic E-state index is 12.6. The predicted octanol–water partition coefficient (Wildman–Crippen LogP) is 5.65. The average molecular weight is 522 g/mol. The molecule has 0 fully saturated rings. The van der Waals surface area contributed by atoms with Crippen LogP contribution in [0.25, 0.3) is 10.9 Å². The number of nitrogens with zero attached hydrogens (tertiary/aromatic N) is 2. The highest BCUT2D eigenvalue weighted by atomic mass is 32.2. The Kier molecular flexibility index (Phi) is 8.17. The molecule has 0 aliphatic heterocycles. The van der Waals surface area contributed by atoms with Crippen molar-refractivity contribution in [2.45, 2.75) is 57.4 Å². The second-order valence-corrected chi connectivity index (χ2v) is 10.4. The van der Waals surface area contributed by atoms with Gasteiger partial charge in [0.2, 0.25) is 11.8 Å². The minimum absolute atomic E-state index is 0.103. The first-order chi connectivity index (χ1) is 17.7. The van der Waals surface area contributed by atoms with E-state index in [0.29, 0.717) is 6.42 Å². The zero-order valence-corrected chi connectivity index (χ0v) is 22.1. The van der Waals surface area contributed by atoms with Crippen LogP contribution in [0.2, 0.25) is 0 Å². The molecular weight excluding hydrogens is 490 g/mol. The van der Waals surface area contributed by atoms with Gasteiger partial charge in [0, 0.05) is 29.2 Å². The first-order valence-electron chi connectivity index (χ1n) is 12.1. The lowest BCUT2D eigenvalue weighted by molar-refractivity contribution is -0.113. The van der Waals surface area contributed by atoms with E-state index in [2.05, 4.69) is 25.8 Å². The standard InChI is InChI=1S/C27H31N5O4S/c1-5-17-10-6-8-12-20(17)29-23(33)16-37-26-32-31-24(35-26)22(30-25(34)36-27(2,3)4)14-18-15-28-21-13-9-7-11-19(18)21/h6-13,15,22,28H,5,14,16H2,1-4H3,(H,29,33)(H,30,34)/t22-/m0/s1. The Hall–Kier alpha value is -3.79. The van der Waals surface area contributed by atoms with Crippen LogP contribution in [0, 0.1) is 0 Å². The van der Waals surface area contributed by atoms with Crippen LogP contribution >= 0.6 is 11.8 Å². The summed E-state index contributed by atoms with van der Waals surface area (Å²) >= 11 is 1.14. The zero-order chi connectivity index (χ0) is 26.4. The predicted molar refractivity (Wildman–Crippen MR) is 144 cm³/mol. The Labute approximate surface area is 219 Å². The maximum Gasteiger partial charge on any atom is 0.408 e. The molecule has 0 radical (unpaired) electrons. The number of nitrogens with one attached hydrogen (secondary N) is 3. The summed E-state index contributed by atoms with van der Waals surface area (Å²) in [6, 6.07) is 15.0. The molecule has 2 heterocycles. The SMILES string of the molecule is CCc1ccccc1NC(=O)CSc1nnc([C@H](Cc2c[nH]c3ccccc23)NC(=O)OC(C)(C)C)o1. The van der Waals surface area contributed by atoms with Crippen LogP contribution in [0.3, 0.4) is 0 Å². The number of aromatic amines is 1. The Morgan fingerprint density at radius 1 is 1.08 bits per heavy atom. The summed E-state index contributed by atoms with van der Waals surface area (Å²) in [4.78, 5) is 28.3. The molecule has 0 saturated carbocycles. The van der Waals surface area contributed by atoms with Gasteiger partial charge >= 0.3 is 6.09 Å². The quantitative estimate of drug-likeness (QED) is 0.243. The van der Waals surface area contributed by atoms with Crippen molar-refractivity contribution < 1.29 is 18.7 Å². The largest absolute Gasteiger partial charge is 0.444 e. The van der Waals surface area contributed by atoms with Crippen LogP contribution < -0.4 is 10.6 Å². The van der Waals surface area contributed by atoms with Crippen molar-refractivity contribution in [3.8, 4) is 0 Å². The third-order valence-corrected chi connectivity index (χ3v) is 6.33. The molecule has 194 valence electrons. The van der Waals surface area contributed by atoms with Gasteiger partial charge in [-0.2, -0.15) is 0 Å². The van der Waals surface area contributed by atoms with E-state index in [4.69, 9.17) is 9.15 Å². The zero-order valence-electron chi connectivity index (χ0n) is 21.3. The molecule has 4 rings (SSSR count). The number of hydrogen-bond donors (Lipinski definition) is 3. The highest BCUT2D eigenvalue weighted by molar-refractivity contribution is 7.99. The molecule has 2 aromatic heterocycles. The topological polar surface area (TPSA) is 122 Å². The molecule has 9 nitrogen and oxygen atoms in total. The Morgan fingerprint density at radius 2 is 1.84 bits per heavy atom. The Morgan fingerprint density at radius 3 is 2.62 bits per heavy atom. The summed E-state index contributed by atoms with van der Waals surface area (Å²) < 4.78 is 11.3. The molecule has 2 aromatic carbocycles. The summed E-state index contributed by atoms with van der Waals surface area (Å²) in [6.07, 6.45) is 2.54. The van der Waals surface area contributed by atoms with Gasteiger partial charge in [0.15, 0.2) is 0 Å². The number of thioether (sulfide) groups is 1. The molecule has 4 aromatic rings. The number of benzene rings is 2. The van der Waals surface area contributed by atoms with Crippen LogP contribution in [0.15, 0.2) is 64.4 Å². The molecule has 0 aliphatic carbocycles. The molecule has 37 heavy (non-hydrogen) atoms.